The van der Waals surface area contributed by atoms with Crippen molar-refractivity contribution in [1.29, 1.82) is 0 Å². The number of primary amides is 1. The molecule has 1 atom stereocenters. The highest BCUT2D eigenvalue weighted by Gasteiger charge is 2.28. The van der Waals surface area contributed by atoms with E-state index in [0.717, 1.165) is 42.7 Å². The van der Waals surface area contributed by atoms with Crippen molar-refractivity contribution in [2.24, 2.45) is 5.73 Å². The number of carbonyl (C=O) groups is 1. The van der Waals surface area contributed by atoms with Crippen LogP contribution >= 0.6 is 11.8 Å². The van der Waals surface area contributed by atoms with Crippen molar-refractivity contribution in [3.05, 3.63) is 41.7 Å². The topological polar surface area (TPSA) is 77.0 Å². The minimum absolute atomic E-state index is 0.268. The number of carbonyl (C=O) groups excluding carboxylic acids is 1. The number of likely N-dealkylation sites (tertiary alicyclic amines) is 1. The largest absolute Gasteiger partial charge is 0.369 e. The lowest BCUT2D eigenvalue weighted by molar-refractivity contribution is -0.119. The lowest BCUT2D eigenvalue weighted by atomic mass is 9.97. The van der Waals surface area contributed by atoms with Crippen molar-refractivity contribution in [2.45, 2.75) is 49.6 Å². The Kier molecular flexibility index (Phi) is 6.32. The molecule has 2 heterocycles. The number of aromatic nitrogens is 3. The van der Waals surface area contributed by atoms with Crippen molar-refractivity contribution in [3.63, 3.8) is 0 Å². The van der Waals surface area contributed by atoms with Gasteiger partial charge in [0, 0.05) is 24.3 Å². The van der Waals surface area contributed by atoms with Gasteiger partial charge in [-0.3, -0.25) is 9.69 Å². The third kappa shape index (κ3) is 4.65. The average Bonchev–Trinajstić information content (AvgIpc) is 3.05. The first-order chi connectivity index (χ1) is 12.5. The molecule has 1 fully saturated rings. The molecule has 7 heteroatoms. The smallest absolute Gasteiger partial charge is 0.231 e. The number of hydrogen-bond acceptors (Lipinski definition) is 5. The van der Waals surface area contributed by atoms with Gasteiger partial charge in [-0.05, 0) is 38.8 Å². The number of amides is 1. The zero-order valence-electron chi connectivity index (χ0n) is 15.5. The lowest BCUT2D eigenvalue weighted by Gasteiger charge is -2.32. The van der Waals surface area contributed by atoms with E-state index in [4.69, 9.17) is 5.73 Å². The number of nitrogens with two attached hydrogens (primary N) is 1. The highest BCUT2D eigenvalue weighted by Crippen LogP contribution is 2.31. The molecule has 1 saturated heterocycles. The monoisotopic (exact) mass is 373 g/mol. The molecule has 0 unspecified atom stereocenters. The van der Waals surface area contributed by atoms with E-state index in [0.29, 0.717) is 18.5 Å². The molecule has 1 aromatic carbocycles. The maximum Gasteiger partial charge on any atom is 0.231 e. The van der Waals surface area contributed by atoms with E-state index in [2.05, 4.69) is 57.8 Å². The first-order valence-electron chi connectivity index (χ1n) is 9.16. The molecule has 140 valence electrons. The predicted octanol–water partition coefficient (Wildman–Crippen LogP) is 2.82. The molecule has 2 N–H and O–H groups in total. The second-order valence-electron chi connectivity index (χ2n) is 7.12. The van der Waals surface area contributed by atoms with Gasteiger partial charge in [0.05, 0.1) is 6.54 Å². The summed E-state index contributed by atoms with van der Waals surface area (Å²) in [6, 6.07) is 10.7. The van der Waals surface area contributed by atoms with Crippen LogP contribution in [0.25, 0.3) is 0 Å². The van der Waals surface area contributed by atoms with E-state index in [1.165, 1.54) is 5.56 Å². The SMILES string of the molecule is CC(C)n1c(SCc2ccccc2)nnc1[C@@H]1CCCN(CC(N)=O)C1. The summed E-state index contributed by atoms with van der Waals surface area (Å²) in [4.78, 5) is 13.4. The van der Waals surface area contributed by atoms with E-state index in [9.17, 15) is 4.79 Å². The molecule has 1 aromatic heterocycles. The van der Waals surface area contributed by atoms with Crippen LogP contribution in [0.2, 0.25) is 0 Å². The Morgan fingerprint density at radius 3 is 2.77 bits per heavy atom. The van der Waals surface area contributed by atoms with E-state index in [1.54, 1.807) is 11.8 Å². The lowest BCUT2D eigenvalue weighted by Crippen LogP contribution is -2.40. The van der Waals surface area contributed by atoms with Crippen LogP contribution in [0.4, 0.5) is 0 Å². The number of benzene rings is 1. The standard InChI is InChI=1S/C19H27N5OS/c1-14(2)24-18(16-9-6-10-23(11-16)12-17(20)25)21-22-19(24)26-13-15-7-4-3-5-8-15/h3-5,7-8,14,16H,6,9-13H2,1-2H3,(H2,20,25)/t16-/m1/s1. The summed E-state index contributed by atoms with van der Waals surface area (Å²) >= 11 is 1.73. The Bertz CT molecular complexity index is 731. The van der Waals surface area contributed by atoms with E-state index in [-0.39, 0.29) is 5.91 Å². The van der Waals surface area contributed by atoms with Gasteiger partial charge in [-0.1, -0.05) is 42.1 Å². The number of piperidine rings is 1. The fraction of sp³-hybridized carbons (Fsp3) is 0.526. The predicted molar refractivity (Wildman–Crippen MR) is 104 cm³/mol. The summed E-state index contributed by atoms with van der Waals surface area (Å²) in [5.74, 6) is 1.94. The highest BCUT2D eigenvalue weighted by atomic mass is 32.2. The zero-order chi connectivity index (χ0) is 18.5. The molecule has 2 aromatic rings. The highest BCUT2D eigenvalue weighted by molar-refractivity contribution is 7.98. The third-order valence-corrected chi connectivity index (χ3v) is 5.68. The minimum atomic E-state index is -0.268. The molecule has 6 nitrogen and oxygen atoms in total. The summed E-state index contributed by atoms with van der Waals surface area (Å²) in [7, 11) is 0. The second kappa shape index (κ2) is 8.68. The molecular weight excluding hydrogens is 346 g/mol. The summed E-state index contributed by atoms with van der Waals surface area (Å²) in [6.45, 7) is 6.40. The molecule has 1 aliphatic heterocycles. The molecule has 0 spiro atoms. The van der Waals surface area contributed by atoms with Crippen LogP contribution in [0, 0.1) is 0 Å². The van der Waals surface area contributed by atoms with Crippen molar-refractivity contribution in [3.8, 4) is 0 Å². The quantitative estimate of drug-likeness (QED) is 0.755. The van der Waals surface area contributed by atoms with Crippen molar-refractivity contribution in [2.75, 3.05) is 19.6 Å². The number of hydrogen-bond donors (Lipinski definition) is 1. The molecule has 1 aliphatic rings. The Balaban J connectivity index is 1.75. The van der Waals surface area contributed by atoms with Crippen molar-refractivity contribution < 1.29 is 4.79 Å². The van der Waals surface area contributed by atoms with E-state index in [1.807, 2.05) is 6.07 Å². The second-order valence-corrected chi connectivity index (χ2v) is 8.06. The van der Waals surface area contributed by atoms with Gasteiger partial charge in [-0.25, -0.2) is 0 Å². The van der Waals surface area contributed by atoms with E-state index >= 15 is 0 Å². The first-order valence-corrected chi connectivity index (χ1v) is 10.2. The van der Waals surface area contributed by atoms with Crippen LogP contribution in [-0.4, -0.2) is 45.2 Å². The zero-order valence-corrected chi connectivity index (χ0v) is 16.3. The van der Waals surface area contributed by atoms with Gasteiger partial charge in [0.25, 0.3) is 0 Å². The van der Waals surface area contributed by atoms with Gasteiger partial charge >= 0.3 is 0 Å². The molecule has 0 saturated carbocycles. The fourth-order valence-corrected chi connectivity index (χ4v) is 4.53. The van der Waals surface area contributed by atoms with Gasteiger partial charge in [0.15, 0.2) is 5.16 Å². The van der Waals surface area contributed by atoms with Gasteiger partial charge < -0.3 is 10.3 Å². The number of nitrogens with zero attached hydrogens (tertiary/aromatic N) is 4. The molecule has 0 aliphatic carbocycles. The van der Waals surface area contributed by atoms with Crippen molar-refractivity contribution >= 4 is 17.7 Å². The summed E-state index contributed by atoms with van der Waals surface area (Å²) in [5.41, 5.74) is 6.65. The van der Waals surface area contributed by atoms with Crippen LogP contribution in [0.1, 0.15) is 50.0 Å². The fourth-order valence-electron chi connectivity index (χ4n) is 3.50. The van der Waals surface area contributed by atoms with Gasteiger partial charge in [-0.15, -0.1) is 10.2 Å². The maximum absolute atomic E-state index is 11.3. The molecule has 0 radical (unpaired) electrons. The van der Waals surface area contributed by atoms with Gasteiger partial charge in [0.1, 0.15) is 5.82 Å². The number of rotatable bonds is 7. The van der Waals surface area contributed by atoms with Crippen molar-refractivity contribution in [1.82, 2.24) is 19.7 Å². The minimum Gasteiger partial charge on any atom is -0.369 e. The summed E-state index contributed by atoms with van der Waals surface area (Å²) in [6.07, 6.45) is 2.12. The Hall–Kier alpha value is -1.86. The Labute approximate surface area is 159 Å². The van der Waals surface area contributed by atoms with Gasteiger partial charge in [0.2, 0.25) is 5.91 Å². The van der Waals surface area contributed by atoms with Crippen LogP contribution in [0.15, 0.2) is 35.5 Å². The Morgan fingerprint density at radius 2 is 2.08 bits per heavy atom. The molecule has 0 bridgehead atoms. The van der Waals surface area contributed by atoms with Crippen LogP contribution in [0.3, 0.4) is 0 Å². The normalized spacial score (nSPS) is 18.3. The maximum atomic E-state index is 11.3. The summed E-state index contributed by atoms with van der Waals surface area (Å²) < 4.78 is 2.26. The summed E-state index contributed by atoms with van der Waals surface area (Å²) in [5, 5.41) is 9.98. The molecule has 3 rings (SSSR count). The average molecular weight is 374 g/mol. The number of thioether (sulfide) groups is 1. The molecular formula is C19H27N5OS. The molecule has 26 heavy (non-hydrogen) atoms. The van der Waals surface area contributed by atoms with Gasteiger partial charge in [-0.2, -0.15) is 0 Å². The first kappa shape index (κ1) is 18.9. The Morgan fingerprint density at radius 1 is 1.31 bits per heavy atom. The van der Waals surface area contributed by atoms with Crippen LogP contribution < -0.4 is 5.73 Å². The third-order valence-electron chi connectivity index (χ3n) is 4.67. The van der Waals surface area contributed by atoms with Crippen LogP contribution in [-0.2, 0) is 10.5 Å². The van der Waals surface area contributed by atoms with E-state index < -0.39 is 0 Å². The van der Waals surface area contributed by atoms with Crippen LogP contribution in [0.5, 0.6) is 0 Å². The molecule has 1 amide bonds.